The number of benzene rings is 1. The van der Waals surface area contributed by atoms with Crippen molar-refractivity contribution in [2.45, 2.75) is 38.6 Å². The molecule has 0 radical (unpaired) electrons. The van der Waals surface area contributed by atoms with E-state index in [1.165, 1.54) is 5.56 Å². The minimum absolute atomic E-state index is 0.119. The summed E-state index contributed by atoms with van der Waals surface area (Å²) in [4.78, 5) is 23.0. The Morgan fingerprint density at radius 3 is 2.76 bits per heavy atom. The molecule has 1 aliphatic rings. The standard InChI is InChI=1S/C30H34N10O/c1-37(2)27(41)9-6-13-40-14-12-26(36-40)33-30-31-17-22-10-11-24-28(29(22)34-30)25(39(4)35-24)16-20-7-5-8-21(15-20)23-18-32-38(3)19-23/h5,7-8,12,14-15,17-19H,6,9-11,13,16H2,1-4H3,(H,31,33,34,36). The minimum Gasteiger partial charge on any atom is -0.349 e. The Kier molecular flexibility index (Phi) is 7.08. The maximum atomic E-state index is 11.8. The third kappa shape index (κ3) is 5.60. The Morgan fingerprint density at radius 2 is 1.95 bits per heavy atom. The highest BCUT2D eigenvalue weighted by molar-refractivity contribution is 5.75. The Balaban J connectivity index is 1.22. The zero-order valence-electron chi connectivity index (χ0n) is 23.9. The van der Waals surface area contributed by atoms with Crippen molar-refractivity contribution in [1.29, 1.82) is 0 Å². The van der Waals surface area contributed by atoms with E-state index in [1.54, 1.807) is 19.0 Å². The first-order valence-corrected chi connectivity index (χ1v) is 13.8. The summed E-state index contributed by atoms with van der Waals surface area (Å²) < 4.78 is 5.65. The van der Waals surface area contributed by atoms with E-state index in [9.17, 15) is 4.79 Å². The zero-order valence-corrected chi connectivity index (χ0v) is 23.9. The summed E-state index contributed by atoms with van der Waals surface area (Å²) >= 11 is 0. The molecule has 41 heavy (non-hydrogen) atoms. The van der Waals surface area contributed by atoms with Crippen LogP contribution in [0.15, 0.2) is 55.1 Å². The maximum absolute atomic E-state index is 11.8. The van der Waals surface area contributed by atoms with Gasteiger partial charge < -0.3 is 10.2 Å². The summed E-state index contributed by atoms with van der Waals surface area (Å²) in [5, 5.41) is 17.1. The van der Waals surface area contributed by atoms with Crippen LogP contribution in [0.1, 0.15) is 35.4 Å². The van der Waals surface area contributed by atoms with Gasteiger partial charge in [-0.05, 0) is 36.0 Å². The van der Waals surface area contributed by atoms with E-state index in [0.717, 1.165) is 65.0 Å². The van der Waals surface area contributed by atoms with Crippen molar-refractivity contribution in [2.75, 3.05) is 19.4 Å². The fourth-order valence-corrected chi connectivity index (χ4v) is 5.30. The van der Waals surface area contributed by atoms with Gasteiger partial charge >= 0.3 is 0 Å². The monoisotopic (exact) mass is 550 g/mol. The lowest BCUT2D eigenvalue weighted by atomic mass is 9.91. The van der Waals surface area contributed by atoms with Gasteiger partial charge in [0.25, 0.3) is 0 Å². The van der Waals surface area contributed by atoms with Gasteiger partial charge in [-0.2, -0.15) is 15.3 Å². The summed E-state index contributed by atoms with van der Waals surface area (Å²) in [6, 6.07) is 10.5. The molecule has 0 fully saturated rings. The van der Waals surface area contributed by atoms with Gasteiger partial charge in [0.05, 0.1) is 23.3 Å². The summed E-state index contributed by atoms with van der Waals surface area (Å²) in [6.07, 6.45) is 11.4. The lowest BCUT2D eigenvalue weighted by molar-refractivity contribution is -0.128. The summed E-state index contributed by atoms with van der Waals surface area (Å²) in [6.45, 7) is 0.663. The van der Waals surface area contributed by atoms with Gasteiger partial charge in [0.15, 0.2) is 5.82 Å². The van der Waals surface area contributed by atoms with Crippen LogP contribution in [0, 0.1) is 0 Å². The Morgan fingerprint density at radius 1 is 1.07 bits per heavy atom. The summed E-state index contributed by atoms with van der Waals surface area (Å²) in [5.41, 5.74) is 8.79. The number of fused-ring (bicyclic) bond motifs is 3. The average Bonchev–Trinajstić information content (AvgIpc) is 3.68. The van der Waals surface area contributed by atoms with Crippen LogP contribution in [-0.2, 0) is 44.7 Å². The predicted octanol–water partition coefficient (Wildman–Crippen LogP) is 3.78. The molecule has 11 nitrogen and oxygen atoms in total. The molecule has 5 aromatic rings. The SMILES string of the molecule is CN(C)C(=O)CCCn1ccc(Nc2ncc3c(n2)-c2c(nn(C)c2Cc2cccc(-c4cnn(C)c4)c2)CC3)n1. The van der Waals surface area contributed by atoms with E-state index in [-0.39, 0.29) is 5.91 Å². The average molecular weight is 551 g/mol. The third-order valence-corrected chi connectivity index (χ3v) is 7.46. The van der Waals surface area contributed by atoms with Gasteiger partial charge in [0.1, 0.15) is 0 Å². The van der Waals surface area contributed by atoms with Crippen molar-refractivity contribution in [1.82, 2.24) is 44.2 Å². The molecule has 210 valence electrons. The smallest absolute Gasteiger partial charge is 0.228 e. The highest BCUT2D eigenvalue weighted by atomic mass is 16.2. The molecule has 0 bridgehead atoms. The maximum Gasteiger partial charge on any atom is 0.228 e. The van der Waals surface area contributed by atoms with E-state index in [0.29, 0.717) is 24.7 Å². The number of carbonyl (C=O) groups excluding carboxylic acids is 1. The first-order chi connectivity index (χ1) is 19.8. The largest absolute Gasteiger partial charge is 0.349 e. The second kappa shape index (κ2) is 11.0. The molecule has 1 aliphatic carbocycles. The second-order valence-electron chi connectivity index (χ2n) is 10.7. The molecular formula is C30H34N10O. The second-order valence-corrected chi connectivity index (χ2v) is 10.7. The first kappa shape index (κ1) is 26.4. The van der Waals surface area contributed by atoms with Gasteiger partial charge in [0.2, 0.25) is 11.9 Å². The quantitative estimate of drug-likeness (QED) is 0.297. The van der Waals surface area contributed by atoms with Crippen molar-refractivity contribution in [2.24, 2.45) is 14.1 Å². The van der Waals surface area contributed by atoms with Crippen molar-refractivity contribution in [3.63, 3.8) is 0 Å². The van der Waals surface area contributed by atoms with Crippen molar-refractivity contribution < 1.29 is 4.79 Å². The van der Waals surface area contributed by atoms with E-state index < -0.39 is 0 Å². The van der Waals surface area contributed by atoms with Crippen molar-refractivity contribution >= 4 is 17.7 Å². The van der Waals surface area contributed by atoms with Crippen LogP contribution in [0.4, 0.5) is 11.8 Å². The predicted molar refractivity (Wildman–Crippen MR) is 157 cm³/mol. The molecule has 0 spiro atoms. The van der Waals surface area contributed by atoms with Gasteiger partial charge in [-0.3, -0.25) is 18.8 Å². The molecule has 0 unspecified atom stereocenters. The van der Waals surface area contributed by atoms with Crippen LogP contribution in [0.5, 0.6) is 0 Å². The lowest BCUT2D eigenvalue weighted by Crippen LogP contribution is -2.21. The molecule has 1 amide bonds. The van der Waals surface area contributed by atoms with Crippen LogP contribution in [0.25, 0.3) is 22.4 Å². The van der Waals surface area contributed by atoms with Crippen LogP contribution in [0.2, 0.25) is 0 Å². The minimum atomic E-state index is 0.119. The normalized spacial score (nSPS) is 12.2. The van der Waals surface area contributed by atoms with Crippen molar-refractivity contribution in [3.05, 3.63) is 77.6 Å². The molecule has 0 aliphatic heterocycles. The van der Waals surface area contributed by atoms with Crippen LogP contribution < -0.4 is 5.32 Å². The number of hydrogen-bond donors (Lipinski definition) is 1. The Bertz CT molecular complexity index is 1710. The Hall–Kier alpha value is -4.80. The van der Waals surface area contributed by atoms with Crippen LogP contribution >= 0.6 is 0 Å². The molecule has 4 aromatic heterocycles. The van der Waals surface area contributed by atoms with E-state index >= 15 is 0 Å². The molecular weight excluding hydrogens is 516 g/mol. The van der Waals surface area contributed by atoms with Gasteiger partial charge in [-0.25, -0.2) is 9.97 Å². The molecule has 4 heterocycles. The number of amides is 1. The van der Waals surface area contributed by atoms with E-state index in [4.69, 9.17) is 10.1 Å². The van der Waals surface area contributed by atoms with E-state index in [2.05, 4.69) is 44.8 Å². The molecule has 0 saturated carbocycles. The topological polar surface area (TPSA) is 112 Å². The number of aryl methyl sites for hydroxylation is 5. The van der Waals surface area contributed by atoms with Gasteiger partial charge in [-0.1, -0.05) is 24.3 Å². The zero-order chi connectivity index (χ0) is 28.5. The Labute approximate surface area is 238 Å². The number of nitrogens with zero attached hydrogens (tertiary/aromatic N) is 9. The first-order valence-electron chi connectivity index (χ1n) is 13.8. The number of nitrogens with one attached hydrogen (secondary N) is 1. The van der Waals surface area contributed by atoms with Gasteiger partial charge in [0, 0.05) is 83.4 Å². The van der Waals surface area contributed by atoms with Crippen molar-refractivity contribution in [3.8, 4) is 22.4 Å². The van der Waals surface area contributed by atoms with Crippen LogP contribution in [0.3, 0.4) is 0 Å². The lowest BCUT2D eigenvalue weighted by Gasteiger charge is -2.17. The number of anilines is 2. The highest BCUT2D eigenvalue weighted by Gasteiger charge is 2.26. The van der Waals surface area contributed by atoms with Gasteiger partial charge in [-0.15, -0.1) is 0 Å². The summed E-state index contributed by atoms with van der Waals surface area (Å²) in [7, 11) is 7.49. The number of hydrogen-bond acceptors (Lipinski definition) is 7. The number of rotatable bonds is 9. The molecule has 1 N–H and O–H groups in total. The fourth-order valence-electron chi connectivity index (χ4n) is 5.30. The molecule has 0 saturated heterocycles. The number of aromatic nitrogens is 8. The summed E-state index contributed by atoms with van der Waals surface area (Å²) in [5.74, 6) is 1.28. The molecule has 1 aromatic carbocycles. The highest BCUT2D eigenvalue weighted by Crippen LogP contribution is 2.36. The van der Waals surface area contributed by atoms with Crippen LogP contribution in [-0.4, -0.2) is 64.2 Å². The third-order valence-electron chi connectivity index (χ3n) is 7.46. The molecule has 6 rings (SSSR count). The fraction of sp³-hybridized carbons (Fsp3) is 0.333. The molecule has 11 heteroatoms. The molecule has 0 atom stereocenters. The number of carbonyl (C=O) groups is 1. The van der Waals surface area contributed by atoms with E-state index in [1.807, 2.05) is 59.0 Å².